The highest BCUT2D eigenvalue weighted by Gasteiger charge is 2.20. The van der Waals surface area contributed by atoms with Gasteiger partial charge in [0, 0.05) is 31.7 Å². The van der Waals surface area contributed by atoms with Gasteiger partial charge in [0.1, 0.15) is 0 Å². The van der Waals surface area contributed by atoms with Crippen LogP contribution in [0.25, 0.3) is 11.1 Å². The van der Waals surface area contributed by atoms with E-state index in [0.29, 0.717) is 5.92 Å². The second-order valence-corrected chi connectivity index (χ2v) is 6.96. The van der Waals surface area contributed by atoms with Crippen molar-refractivity contribution in [2.75, 3.05) is 33.2 Å². The van der Waals surface area contributed by atoms with Crippen LogP contribution in [0, 0.1) is 0 Å². The van der Waals surface area contributed by atoms with E-state index in [2.05, 4.69) is 56.1 Å². The van der Waals surface area contributed by atoms with Crippen LogP contribution in [0.15, 0.2) is 48.5 Å². The molecule has 0 aliphatic carbocycles. The van der Waals surface area contributed by atoms with Gasteiger partial charge in [-0.25, -0.2) is 0 Å². The van der Waals surface area contributed by atoms with Crippen molar-refractivity contribution >= 4 is 5.91 Å². The molecule has 0 unspecified atom stereocenters. The Kier molecular flexibility index (Phi) is 5.00. The Hall–Kier alpha value is -2.13. The van der Waals surface area contributed by atoms with Gasteiger partial charge in [-0.05, 0) is 41.8 Å². The maximum atomic E-state index is 12.8. The molecule has 1 amide bonds. The molecule has 2 aromatic rings. The number of amides is 1. The molecular weight excluding hydrogens is 296 g/mol. The zero-order chi connectivity index (χ0) is 17.1. The highest BCUT2D eigenvalue weighted by molar-refractivity contribution is 5.95. The van der Waals surface area contributed by atoms with E-state index >= 15 is 0 Å². The number of nitrogens with zero attached hydrogens (tertiary/aromatic N) is 2. The van der Waals surface area contributed by atoms with Gasteiger partial charge in [0.15, 0.2) is 0 Å². The molecule has 3 heteroatoms. The Morgan fingerprint density at radius 1 is 0.917 bits per heavy atom. The Balaban J connectivity index is 1.84. The van der Waals surface area contributed by atoms with Gasteiger partial charge in [-0.15, -0.1) is 0 Å². The van der Waals surface area contributed by atoms with Crippen molar-refractivity contribution < 1.29 is 4.79 Å². The number of carbonyl (C=O) groups excluding carboxylic acids is 1. The molecule has 0 spiro atoms. The average Bonchev–Trinajstić information content (AvgIpc) is 2.62. The van der Waals surface area contributed by atoms with E-state index in [1.807, 2.05) is 23.1 Å². The molecule has 24 heavy (non-hydrogen) atoms. The number of rotatable bonds is 3. The Morgan fingerprint density at radius 2 is 1.54 bits per heavy atom. The zero-order valence-corrected chi connectivity index (χ0v) is 14.8. The number of hydrogen-bond acceptors (Lipinski definition) is 2. The lowest BCUT2D eigenvalue weighted by Gasteiger charge is -2.32. The van der Waals surface area contributed by atoms with Crippen LogP contribution in [0.3, 0.4) is 0 Å². The van der Waals surface area contributed by atoms with E-state index < -0.39 is 0 Å². The number of carbonyl (C=O) groups is 1. The lowest BCUT2D eigenvalue weighted by molar-refractivity contribution is 0.0664. The van der Waals surface area contributed by atoms with Crippen LogP contribution in [0.1, 0.15) is 35.7 Å². The Labute approximate surface area is 144 Å². The van der Waals surface area contributed by atoms with E-state index in [0.717, 1.165) is 37.3 Å². The fourth-order valence-corrected chi connectivity index (χ4v) is 3.10. The third kappa shape index (κ3) is 3.68. The quantitative estimate of drug-likeness (QED) is 0.856. The van der Waals surface area contributed by atoms with Crippen molar-refractivity contribution in [3.8, 4) is 11.1 Å². The molecule has 126 valence electrons. The zero-order valence-electron chi connectivity index (χ0n) is 14.8. The summed E-state index contributed by atoms with van der Waals surface area (Å²) in [4.78, 5) is 17.0. The van der Waals surface area contributed by atoms with Gasteiger partial charge in [-0.3, -0.25) is 4.79 Å². The van der Waals surface area contributed by atoms with Crippen molar-refractivity contribution in [1.82, 2.24) is 9.80 Å². The highest BCUT2D eigenvalue weighted by atomic mass is 16.2. The summed E-state index contributed by atoms with van der Waals surface area (Å²) in [6.45, 7) is 7.91. The van der Waals surface area contributed by atoms with E-state index in [1.54, 1.807) is 0 Å². The van der Waals surface area contributed by atoms with Gasteiger partial charge in [0.2, 0.25) is 0 Å². The van der Waals surface area contributed by atoms with Crippen molar-refractivity contribution in [2.24, 2.45) is 0 Å². The van der Waals surface area contributed by atoms with Gasteiger partial charge in [-0.1, -0.05) is 50.2 Å². The molecule has 0 N–H and O–H groups in total. The first-order valence-electron chi connectivity index (χ1n) is 8.73. The molecule has 3 rings (SSSR count). The van der Waals surface area contributed by atoms with Crippen LogP contribution < -0.4 is 0 Å². The first-order chi connectivity index (χ1) is 11.5. The van der Waals surface area contributed by atoms with Crippen LogP contribution >= 0.6 is 0 Å². The molecule has 2 aromatic carbocycles. The largest absolute Gasteiger partial charge is 0.336 e. The van der Waals surface area contributed by atoms with Crippen LogP contribution in [-0.4, -0.2) is 48.9 Å². The summed E-state index contributed by atoms with van der Waals surface area (Å²) in [6.07, 6.45) is 0. The van der Waals surface area contributed by atoms with E-state index in [9.17, 15) is 4.79 Å². The number of hydrogen-bond donors (Lipinski definition) is 0. The summed E-state index contributed by atoms with van der Waals surface area (Å²) >= 11 is 0. The molecule has 0 bridgehead atoms. The van der Waals surface area contributed by atoms with Crippen molar-refractivity contribution in [3.05, 3.63) is 59.7 Å². The molecule has 0 atom stereocenters. The van der Waals surface area contributed by atoms with Crippen LogP contribution in [0.2, 0.25) is 0 Å². The first kappa shape index (κ1) is 16.7. The lowest BCUT2D eigenvalue weighted by atomic mass is 9.96. The lowest BCUT2D eigenvalue weighted by Crippen LogP contribution is -2.47. The second-order valence-electron chi connectivity index (χ2n) is 6.96. The number of likely N-dealkylation sites (N-methyl/N-ethyl adjacent to an activating group) is 1. The highest BCUT2D eigenvalue weighted by Crippen LogP contribution is 2.25. The molecule has 1 fully saturated rings. The van der Waals surface area contributed by atoms with E-state index in [1.165, 1.54) is 11.1 Å². The van der Waals surface area contributed by atoms with Crippen molar-refractivity contribution in [2.45, 2.75) is 19.8 Å². The van der Waals surface area contributed by atoms with Crippen LogP contribution in [-0.2, 0) is 0 Å². The normalized spacial score (nSPS) is 15.8. The summed E-state index contributed by atoms with van der Waals surface area (Å²) in [5.74, 6) is 0.644. The molecule has 1 saturated heterocycles. The fraction of sp³-hybridized carbons (Fsp3) is 0.381. The molecule has 1 aliphatic rings. The van der Waals surface area contributed by atoms with Gasteiger partial charge in [0.05, 0.1) is 0 Å². The maximum absolute atomic E-state index is 12.8. The first-order valence-corrected chi connectivity index (χ1v) is 8.73. The molecule has 3 nitrogen and oxygen atoms in total. The van der Waals surface area contributed by atoms with Gasteiger partial charge >= 0.3 is 0 Å². The predicted molar refractivity (Wildman–Crippen MR) is 99.4 cm³/mol. The van der Waals surface area contributed by atoms with E-state index in [4.69, 9.17) is 0 Å². The van der Waals surface area contributed by atoms with Crippen LogP contribution in [0.4, 0.5) is 0 Å². The molecule has 0 aromatic heterocycles. The summed E-state index contributed by atoms with van der Waals surface area (Å²) in [7, 11) is 2.10. The Bertz CT molecular complexity index is 715. The molecule has 1 aliphatic heterocycles. The average molecular weight is 322 g/mol. The fourth-order valence-electron chi connectivity index (χ4n) is 3.10. The smallest absolute Gasteiger partial charge is 0.253 e. The van der Waals surface area contributed by atoms with Crippen molar-refractivity contribution in [1.29, 1.82) is 0 Å². The van der Waals surface area contributed by atoms with Crippen molar-refractivity contribution in [3.63, 3.8) is 0 Å². The second kappa shape index (κ2) is 7.18. The predicted octanol–water partition coefficient (Wildman–Crippen LogP) is 3.86. The van der Waals surface area contributed by atoms with Gasteiger partial charge in [0.25, 0.3) is 5.91 Å². The Morgan fingerprint density at radius 3 is 2.21 bits per heavy atom. The monoisotopic (exact) mass is 322 g/mol. The SMILES string of the molecule is CC(C)c1cccc(-c2cccc(C(=O)N3CCN(C)CC3)c2)c1. The maximum Gasteiger partial charge on any atom is 0.253 e. The number of piperazine rings is 1. The minimum atomic E-state index is 0.143. The standard InChI is InChI=1S/C21H26N2O/c1-16(2)17-6-4-7-18(14-17)19-8-5-9-20(15-19)21(24)23-12-10-22(3)11-13-23/h4-9,14-16H,10-13H2,1-3H3. The topological polar surface area (TPSA) is 23.6 Å². The molecular formula is C21H26N2O. The summed E-state index contributed by atoms with van der Waals surface area (Å²) < 4.78 is 0. The summed E-state index contributed by atoms with van der Waals surface area (Å²) in [5, 5.41) is 0. The third-order valence-electron chi connectivity index (χ3n) is 4.79. The minimum absolute atomic E-state index is 0.143. The summed E-state index contributed by atoms with van der Waals surface area (Å²) in [5.41, 5.74) is 4.39. The van der Waals surface area contributed by atoms with Gasteiger partial charge < -0.3 is 9.80 Å². The number of benzene rings is 2. The molecule has 0 radical (unpaired) electrons. The van der Waals surface area contributed by atoms with Gasteiger partial charge in [-0.2, -0.15) is 0 Å². The molecule has 1 heterocycles. The third-order valence-corrected chi connectivity index (χ3v) is 4.79. The summed E-state index contributed by atoms with van der Waals surface area (Å²) in [6, 6.07) is 16.6. The molecule has 0 saturated carbocycles. The minimum Gasteiger partial charge on any atom is -0.336 e. The van der Waals surface area contributed by atoms with E-state index in [-0.39, 0.29) is 5.91 Å². The van der Waals surface area contributed by atoms with Crippen LogP contribution in [0.5, 0.6) is 0 Å².